The summed E-state index contributed by atoms with van der Waals surface area (Å²) in [6.45, 7) is 5.06. The molecule has 0 aliphatic rings. The van der Waals surface area contributed by atoms with Gasteiger partial charge in [-0.3, -0.25) is 0 Å². The molecule has 0 aliphatic heterocycles. The zero-order valence-electron chi connectivity index (χ0n) is 16.5. The van der Waals surface area contributed by atoms with Crippen molar-refractivity contribution < 1.29 is 14.3 Å². The Morgan fingerprint density at radius 1 is 0.966 bits per heavy atom. The molecular weight excluding hydrogens is 368 g/mol. The van der Waals surface area contributed by atoms with E-state index in [-0.39, 0.29) is 12.6 Å². The minimum absolute atomic E-state index is 0.277. The van der Waals surface area contributed by atoms with Crippen molar-refractivity contribution in [3.63, 3.8) is 0 Å². The second kappa shape index (κ2) is 10.1. The van der Waals surface area contributed by atoms with Crippen molar-refractivity contribution in [1.82, 2.24) is 15.5 Å². The molecule has 150 valence electrons. The van der Waals surface area contributed by atoms with Gasteiger partial charge in [0.05, 0.1) is 24.5 Å². The second-order valence-electron chi connectivity index (χ2n) is 6.28. The van der Waals surface area contributed by atoms with E-state index < -0.39 is 0 Å². The van der Waals surface area contributed by atoms with E-state index in [9.17, 15) is 4.79 Å². The van der Waals surface area contributed by atoms with Gasteiger partial charge in [-0.15, -0.1) is 10.2 Å². The van der Waals surface area contributed by atoms with Crippen LogP contribution in [0.1, 0.15) is 12.5 Å². The molecule has 29 heavy (non-hydrogen) atoms. The van der Waals surface area contributed by atoms with Gasteiger partial charge in [-0.2, -0.15) is 0 Å². The van der Waals surface area contributed by atoms with Crippen LogP contribution in [-0.2, 0) is 0 Å². The van der Waals surface area contributed by atoms with Crippen molar-refractivity contribution in [2.45, 2.75) is 13.8 Å². The first-order valence-electron chi connectivity index (χ1n) is 9.46. The average Bonchev–Trinajstić information content (AvgIpc) is 2.74. The van der Waals surface area contributed by atoms with Crippen molar-refractivity contribution in [2.24, 2.45) is 0 Å². The van der Waals surface area contributed by atoms with Gasteiger partial charge in [0.25, 0.3) is 0 Å². The predicted octanol–water partition coefficient (Wildman–Crippen LogP) is 4.05. The van der Waals surface area contributed by atoms with Gasteiger partial charge in [0.15, 0.2) is 0 Å². The van der Waals surface area contributed by atoms with Crippen molar-refractivity contribution in [1.29, 1.82) is 0 Å². The molecule has 2 N–H and O–H groups in total. The van der Waals surface area contributed by atoms with E-state index in [4.69, 9.17) is 9.47 Å². The van der Waals surface area contributed by atoms with E-state index in [1.807, 2.05) is 56.3 Å². The van der Waals surface area contributed by atoms with Gasteiger partial charge in [0.1, 0.15) is 12.4 Å². The fourth-order valence-electron chi connectivity index (χ4n) is 2.61. The normalized spacial score (nSPS) is 10.3. The van der Waals surface area contributed by atoms with Crippen LogP contribution in [0.25, 0.3) is 11.3 Å². The van der Waals surface area contributed by atoms with Gasteiger partial charge in [-0.1, -0.05) is 42.0 Å². The van der Waals surface area contributed by atoms with Gasteiger partial charge < -0.3 is 20.1 Å². The van der Waals surface area contributed by atoms with Crippen LogP contribution in [0.5, 0.6) is 11.6 Å². The number of nitrogens with one attached hydrogen (secondary N) is 2. The van der Waals surface area contributed by atoms with Gasteiger partial charge in [-0.05, 0) is 32.0 Å². The Balaban J connectivity index is 1.43. The van der Waals surface area contributed by atoms with Gasteiger partial charge >= 0.3 is 6.03 Å². The highest BCUT2D eigenvalue weighted by Gasteiger charge is 2.07. The molecule has 3 aromatic rings. The summed E-state index contributed by atoms with van der Waals surface area (Å²) in [5.74, 6) is 1.04. The molecule has 0 bridgehead atoms. The maximum Gasteiger partial charge on any atom is 0.319 e. The van der Waals surface area contributed by atoms with Crippen LogP contribution >= 0.6 is 0 Å². The number of aromatic nitrogens is 2. The van der Waals surface area contributed by atoms with Crippen LogP contribution in [0.2, 0.25) is 0 Å². The van der Waals surface area contributed by atoms with Gasteiger partial charge in [0.2, 0.25) is 5.88 Å². The van der Waals surface area contributed by atoms with Crippen LogP contribution in [0.4, 0.5) is 10.5 Å². The monoisotopic (exact) mass is 392 g/mol. The summed E-state index contributed by atoms with van der Waals surface area (Å²) in [7, 11) is 0. The van der Waals surface area contributed by atoms with E-state index in [0.29, 0.717) is 30.5 Å². The summed E-state index contributed by atoms with van der Waals surface area (Å²) in [6, 6.07) is 18.6. The molecule has 0 saturated carbocycles. The largest absolute Gasteiger partial charge is 0.492 e. The van der Waals surface area contributed by atoms with E-state index in [2.05, 4.69) is 20.8 Å². The SMILES string of the molecule is CCOc1ccccc1NC(=O)NCCOc1ccc(-c2ccc(C)cc2)nn1. The number of urea groups is 1. The molecule has 1 heterocycles. The lowest BCUT2D eigenvalue weighted by atomic mass is 10.1. The number of nitrogens with zero attached hydrogens (tertiary/aromatic N) is 2. The minimum Gasteiger partial charge on any atom is -0.492 e. The number of carbonyl (C=O) groups is 1. The number of hydrogen-bond donors (Lipinski definition) is 2. The molecule has 0 aliphatic carbocycles. The Morgan fingerprint density at radius 3 is 2.48 bits per heavy atom. The van der Waals surface area contributed by atoms with Gasteiger partial charge in [0, 0.05) is 11.6 Å². The van der Waals surface area contributed by atoms with Crippen molar-refractivity contribution in [3.8, 4) is 22.9 Å². The van der Waals surface area contributed by atoms with Gasteiger partial charge in [-0.25, -0.2) is 4.79 Å². The number of para-hydroxylation sites is 2. The Kier molecular flexibility index (Phi) is 7.00. The first kappa shape index (κ1) is 20.1. The van der Waals surface area contributed by atoms with E-state index in [1.165, 1.54) is 5.56 Å². The number of carbonyl (C=O) groups excluding carboxylic acids is 1. The second-order valence-corrected chi connectivity index (χ2v) is 6.28. The number of benzene rings is 2. The highest BCUT2D eigenvalue weighted by molar-refractivity contribution is 5.90. The molecule has 2 amide bonds. The highest BCUT2D eigenvalue weighted by atomic mass is 16.5. The Morgan fingerprint density at radius 2 is 1.76 bits per heavy atom. The predicted molar refractivity (Wildman–Crippen MR) is 112 cm³/mol. The van der Waals surface area contributed by atoms with Crippen LogP contribution in [0.3, 0.4) is 0 Å². The zero-order valence-corrected chi connectivity index (χ0v) is 16.5. The summed E-state index contributed by atoms with van der Waals surface area (Å²) in [4.78, 5) is 12.0. The summed E-state index contributed by atoms with van der Waals surface area (Å²) in [5, 5.41) is 13.8. The first-order chi connectivity index (χ1) is 14.2. The zero-order chi connectivity index (χ0) is 20.5. The molecule has 2 aromatic carbocycles. The number of amides is 2. The summed E-state index contributed by atoms with van der Waals surface area (Å²) < 4.78 is 11.0. The fourth-order valence-corrected chi connectivity index (χ4v) is 2.61. The third kappa shape index (κ3) is 5.93. The molecule has 0 saturated heterocycles. The van der Waals surface area contributed by atoms with E-state index in [0.717, 1.165) is 11.3 Å². The standard InChI is InChI=1S/C22H24N4O3/c1-3-28-20-7-5-4-6-19(20)24-22(27)23-14-15-29-21-13-12-18(25-26-21)17-10-8-16(2)9-11-17/h4-13H,3,14-15H2,1-2H3,(H2,23,24,27). The third-order valence-electron chi connectivity index (χ3n) is 4.06. The van der Waals surface area contributed by atoms with Crippen LogP contribution in [-0.4, -0.2) is 36.0 Å². The van der Waals surface area contributed by atoms with Crippen LogP contribution in [0.15, 0.2) is 60.7 Å². The maximum absolute atomic E-state index is 12.0. The molecule has 0 atom stereocenters. The average molecular weight is 392 g/mol. The number of anilines is 1. The smallest absolute Gasteiger partial charge is 0.319 e. The lowest BCUT2D eigenvalue weighted by Gasteiger charge is -2.12. The summed E-state index contributed by atoms with van der Waals surface area (Å²) >= 11 is 0. The number of rotatable bonds is 8. The van der Waals surface area contributed by atoms with Crippen molar-refractivity contribution in [3.05, 3.63) is 66.2 Å². The number of hydrogen-bond acceptors (Lipinski definition) is 5. The third-order valence-corrected chi connectivity index (χ3v) is 4.06. The van der Waals surface area contributed by atoms with Crippen LogP contribution < -0.4 is 20.1 Å². The summed E-state index contributed by atoms with van der Waals surface area (Å²) in [5.41, 5.74) is 3.59. The maximum atomic E-state index is 12.0. The number of ether oxygens (including phenoxy) is 2. The first-order valence-corrected chi connectivity index (χ1v) is 9.46. The highest BCUT2D eigenvalue weighted by Crippen LogP contribution is 2.23. The molecule has 7 heteroatoms. The molecule has 7 nitrogen and oxygen atoms in total. The Labute approximate surface area is 170 Å². The Hall–Kier alpha value is -3.61. The van der Waals surface area contributed by atoms with Crippen molar-refractivity contribution in [2.75, 3.05) is 25.1 Å². The molecule has 0 fully saturated rings. The summed E-state index contributed by atoms with van der Waals surface area (Å²) in [6.07, 6.45) is 0. The van der Waals surface area contributed by atoms with E-state index in [1.54, 1.807) is 18.2 Å². The van der Waals surface area contributed by atoms with Crippen molar-refractivity contribution >= 4 is 11.7 Å². The topological polar surface area (TPSA) is 85.4 Å². The fraction of sp³-hybridized carbons (Fsp3) is 0.227. The lowest BCUT2D eigenvalue weighted by Crippen LogP contribution is -2.32. The number of aryl methyl sites for hydroxylation is 1. The molecule has 0 unspecified atom stereocenters. The quantitative estimate of drug-likeness (QED) is 0.565. The minimum atomic E-state index is -0.332. The molecule has 3 rings (SSSR count). The Bertz CT molecular complexity index is 928. The molecule has 0 spiro atoms. The lowest BCUT2D eigenvalue weighted by molar-refractivity contribution is 0.246. The molecular formula is C22H24N4O3. The van der Waals surface area contributed by atoms with E-state index >= 15 is 0 Å². The molecule has 0 radical (unpaired) electrons. The van der Waals surface area contributed by atoms with Crippen LogP contribution in [0, 0.1) is 6.92 Å². The molecule has 1 aromatic heterocycles.